The number of aliphatic hydroxyl groups is 1. The number of aliphatic imine (C=N–C) groups is 3. The molecule has 0 amide bonds. The zero-order valence-corrected chi connectivity index (χ0v) is 26.3. The van der Waals surface area contributed by atoms with E-state index in [4.69, 9.17) is 15.0 Å². The SMILES string of the molecule is CCC1=C(CC)C2=NC1=CC1=NC(=Cc3[nH]c(/c(=C/C=C/O)c3CC)=CC3=NC(=C2)C(CC)=C3CC)C(CC)=C1CC. The lowest BCUT2D eigenvalue weighted by molar-refractivity contribution is 0.474. The first-order valence-corrected chi connectivity index (χ1v) is 15.8. The predicted octanol–water partition coefficient (Wildman–Crippen LogP) is 8.05. The third kappa shape index (κ3) is 4.99. The second kappa shape index (κ2) is 12.5. The Morgan fingerprint density at radius 2 is 1.00 bits per heavy atom. The van der Waals surface area contributed by atoms with Gasteiger partial charge in [-0.3, -0.25) is 0 Å². The Morgan fingerprint density at radius 3 is 1.40 bits per heavy atom. The summed E-state index contributed by atoms with van der Waals surface area (Å²) in [5.41, 5.74) is 16.2. The largest absolute Gasteiger partial charge is 0.516 e. The highest BCUT2D eigenvalue weighted by Crippen LogP contribution is 2.37. The van der Waals surface area contributed by atoms with Gasteiger partial charge in [0.25, 0.3) is 0 Å². The van der Waals surface area contributed by atoms with Gasteiger partial charge in [-0.1, -0.05) is 48.5 Å². The molecule has 2 N–H and O–H groups in total. The molecule has 218 valence electrons. The number of aromatic nitrogens is 1. The topological polar surface area (TPSA) is 73.1 Å². The smallest absolute Gasteiger partial charge is 0.0791 e. The maximum Gasteiger partial charge on any atom is 0.0791 e. The molecule has 0 fully saturated rings. The predicted molar refractivity (Wildman–Crippen MR) is 179 cm³/mol. The minimum absolute atomic E-state index is 0.844. The van der Waals surface area contributed by atoms with Gasteiger partial charge >= 0.3 is 0 Å². The molecule has 1 aromatic rings. The molecule has 0 radical (unpaired) electrons. The van der Waals surface area contributed by atoms with E-state index in [9.17, 15) is 5.11 Å². The number of nitrogens with zero attached hydrogens (tertiary/aromatic N) is 3. The van der Waals surface area contributed by atoms with E-state index in [0.29, 0.717) is 0 Å². The average Bonchev–Trinajstić information content (AvgIpc) is 3.71. The van der Waals surface area contributed by atoms with Gasteiger partial charge in [0.15, 0.2) is 0 Å². The zero-order chi connectivity index (χ0) is 30.0. The fourth-order valence-corrected chi connectivity index (χ4v) is 6.88. The minimum Gasteiger partial charge on any atom is -0.516 e. The highest BCUT2D eigenvalue weighted by molar-refractivity contribution is 6.24. The molecule has 5 nitrogen and oxygen atoms in total. The van der Waals surface area contributed by atoms with E-state index in [1.807, 2.05) is 6.08 Å². The number of fused-ring (bicyclic) bond motifs is 5. The Bertz CT molecular complexity index is 1750. The Labute approximate surface area is 250 Å². The van der Waals surface area contributed by atoms with Crippen LogP contribution < -0.4 is 10.6 Å². The van der Waals surface area contributed by atoms with Crippen molar-refractivity contribution >= 4 is 35.4 Å². The van der Waals surface area contributed by atoms with Gasteiger partial charge in [0.05, 0.1) is 40.5 Å². The van der Waals surface area contributed by atoms with Gasteiger partial charge in [0, 0.05) is 16.3 Å². The maximum atomic E-state index is 9.53. The third-order valence-corrected chi connectivity index (χ3v) is 8.81. The van der Waals surface area contributed by atoms with E-state index in [0.717, 1.165) is 102 Å². The Morgan fingerprint density at radius 1 is 0.571 bits per heavy atom. The van der Waals surface area contributed by atoms with Gasteiger partial charge in [-0.15, -0.1) is 0 Å². The number of aromatic amines is 1. The van der Waals surface area contributed by atoms with Crippen molar-refractivity contribution in [3.63, 3.8) is 0 Å². The van der Waals surface area contributed by atoms with Crippen molar-refractivity contribution in [3.8, 4) is 0 Å². The summed E-state index contributed by atoms with van der Waals surface area (Å²) >= 11 is 0. The summed E-state index contributed by atoms with van der Waals surface area (Å²) in [6, 6.07) is 0. The summed E-state index contributed by atoms with van der Waals surface area (Å²) in [6.07, 6.45) is 20.0. The van der Waals surface area contributed by atoms with Crippen molar-refractivity contribution in [2.75, 3.05) is 0 Å². The summed E-state index contributed by atoms with van der Waals surface area (Å²) < 4.78 is 0. The number of aliphatic hydroxyl groups excluding tert-OH is 1. The Kier molecular flexibility index (Phi) is 8.77. The second-order valence-corrected chi connectivity index (χ2v) is 10.9. The highest BCUT2D eigenvalue weighted by atomic mass is 16.2. The monoisotopic (exact) mass is 560 g/mol. The standard InChI is InChI=1S/C37H44N4O/c1-8-22-23(9-2)31-19-33-26(12-5)27(13-6)35(40-33)21-37-29(16-15-17-42)28(14-7)36(41-37)20-34-25(11-4)24(10-3)32(39-34)18-30(22)38-31/h15-21,41-42H,8-14H2,1-7H3/b17-15+,29-16+,30-18?,33-19?,34-20?,37-21?. The normalized spacial score (nSPS) is 19.0. The lowest BCUT2D eigenvalue weighted by Crippen LogP contribution is -2.26. The summed E-state index contributed by atoms with van der Waals surface area (Å²) in [6.45, 7) is 15.5. The lowest BCUT2D eigenvalue weighted by Gasteiger charge is -2.07. The van der Waals surface area contributed by atoms with E-state index >= 15 is 0 Å². The Hall–Kier alpha value is -3.99. The van der Waals surface area contributed by atoms with Gasteiger partial charge in [0.2, 0.25) is 0 Å². The molecule has 0 unspecified atom stereocenters. The van der Waals surface area contributed by atoms with Crippen molar-refractivity contribution in [1.82, 2.24) is 4.98 Å². The number of nitrogens with one attached hydrogen (secondary N) is 1. The van der Waals surface area contributed by atoms with Crippen LogP contribution in [0.2, 0.25) is 0 Å². The van der Waals surface area contributed by atoms with Crippen LogP contribution in [0.5, 0.6) is 0 Å². The van der Waals surface area contributed by atoms with Crippen LogP contribution in [0, 0.1) is 0 Å². The van der Waals surface area contributed by atoms with Crippen LogP contribution in [0.3, 0.4) is 0 Å². The van der Waals surface area contributed by atoms with Crippen LogP contribution in [-0.4, -0.2) is 27.2 Å². The molecule has 0 saturated heterocycles. The maximum absolute atomic E-state index is 9.53. The van der Waals surface area contributed by atoms with Crippen LogP contribution in [0.4, 0.5) is 0 Å². The van der Waals surface area contributed by atoms with Crippen LogP contribution >= 0.6 is 0 Å². The van der Waals surface area contributed by atoms with Crippen molar-refractivity contribution in [1.29, 1.82) is 0 Å². The lowest BCUT2D eigenvalue weighted by atomic mass is 9.95. The second-order valence-electron chi connectivity index (χ2n) is 10.9. The van der Waals surface area contributed by atoms with Crippen LogP contribution in [-0.2, 0) is 6.42 Å². The third-order valence-electron chi connectivity index (χ3n) is 8.81. The molecule has 4 aliphatic heterocycles. The van der Waals surface area contributed by atoms with Crippen molar-refractivity contribution in [2.24, 2.45) is 15.0 Å². The molecule has 5 rings (SSSR count). The Balaban J connectivity index is 1.92. The number of hydrogen-bond acceptors (Lipinski definition) is 4. The summed E-state index contributed by atoms with van der Waals surface area (Å²) in [7, 11) is 0. The van der Waals surface area contributed by atoms with E-state index < -0.39 is 0 Å². The molecule has 4 aliphatic rings. The summed E-state index contributed by atoms with van der Waals surface area (Å²) in [4.78, 5) is 19.5. The molecule has 8 bridgehead atoms. The minimum atomic E-state index is 0.844. The fraction of sp³-hybridized carbons (Fsp3) is 0.378. The summed E-state index contributed by atoms with van der Waals surface area (Å²) in [5.74, 6) is 0. The van der Waals surface area contributed by atoms with Gasteiger partial charge in [-0.25, -0.2) is 15.0 Å². The molecule has 0 saturated carbocycles. The van der Waals surface area contributed by atoms with Crippen molar-refractivity contribution in [3.05, 3.63) is 96.8 Å². The fourth-order valence-electron chi connectivity index (χ4n) is 6.88. The molecule has 0 aliphatic carbocycles. The molecular formula is C37H44N4O. The first kappa shape index (κ1) is 29.5. The number of H-pyrrole nitrogens is 1. The van der Waals surface area contributed by atoms with Gasteiger partial charge in [-0.2, -0.15) is 0 Å². The molecule has 0 aromatic carbocycles. The molecule has 5 heterocycles. The molecule has 42 heavy (non-hydrogen) atoms. The zero-order valence-electron chi connectivity index (χ0n) is 26.3. The van der Waals surface area contributed by atoms with Gasteiger partial charge in [0.1, 0.15) is 0 Å². The van der Waals surface area contributed by atoms with Crippen LogP contribution in [0.15, 0.2) is 90.0 Å². The van der Waals surface area contributed by atoms with E-state index in [1.54, 1.807) is 6.08 Å². The molecule has 1 aromatic heterocycles. The first-order valence-electron chi connectivity index (χ1n) is 15.8. The molecule has 5 heteroatoms. The van der Waals surface area contributed by atoms with E-state index in [1.165, 1.54) is 39.0 Å². The molecule has 0 atom stereocenters. The molecule has 0 spiro atoms. The van der Waals surface area contributed by atoms with E-state index in [-0.39, 0.29) is 0 Å². The number of rotatable bonds is 8. The van der Waals surface area contributed by atoms with Gasteiger partial charge in [-0.05, 0) is 120 Å². The summed E-state index contributed by atoms with van der Waals surface area (Å²) in [5, 5.41) is 11.6. The van der Waals surface area contributed by atoms with Crippen LogP contribution in [0.25, 0.3) is 18.2 Å². The quantitative estimate of drug-likeness (QED) is 0.310. The number of hydrogen-bond donors (Lipinski definition) is 2. The van der Waals surface area contributed by atoms with Crippen LogP contribution in [0.1, 0.15) is 98.2 Å². The highest BCUT2D eigenvalue weighted by Gasteiger charge is 2.27. The molecular weight excluding hydrogens is 516 g/mol. The average molecular weight is 561 g/mol. The van der Waals surface area contributed by atoms with Crippen molar-refractivity contribution in [2.45, 2.75) is 93.4 Å². The van der Waals surface area contributed by atoms with Gasteiger partial charge < -0.3 is 10.1 Å². The van der Waals surface area contributed by atoms with Crippen molar-refractivity contribution < 1.29 is 5.11 Å². The first-order chi connectivity index (χ1) is 20.5. The van der Waals surface area contributed by atoms with E-state index in [2.05, 4.69) is 77.8 Å². The number of allylic oxidation sites excluding steroid dienone is 9.